The minimum absolute atomic E-state index is 0.0562. The van der Waals surface area contributed by atoms with Crippen LogP contribution >= 0.6 is 0 Å². The lowest BCUT2D eigenvalue weighted by Gasteiger charge is -2.19. The molecule has 1 saturated heterocycles. The van der Waals surface area contributed by atoms with Crippen molar-refractivity contribution in [1.29, 1.82) is 0 Å². The number of carbonyl (C=O) groups excluding carboxylic acids is 1. The lowest BCUT2D eigenvalue weighted by Crippen LogP contribution is -2.28. The highest BCUT2D eigenvalue weighted by Gasteiger charge is 2.30. The van der Waals surface area contributed by atoms with Crippen molar-refractivity contribution in [2.45, 2.75) is 38.5 Å². The zero-order valence-corrected chi connectivity index (χ0v) is 19.5. The number of amides is 1. The predicted molar refractivity (Wildman–Crippen MR) is 122 cm³/mol. The van der Waals surface area contributed by atoms with Gasteiger partial charge in [0.1, 0.15) is 10.6 Å². The van der Waals surface area contributed by atoms with Gasteiger partial charge in [-0.3, -0.25) is 4.79 Å². The highest BCUT2D eigenvalue weighted by molar-refractivity contribution is 7.89. The van der Waals surface area contributed by atoms with Gasteiger partial charge in [-0.05, 0) is 70.0 Å². The third-order valence-electron chi connectivity index (χ3n) is 4.99. The zero-order valence-electron chi connectivity index (χ0n) is 18.7. The number of rotatable bonds is 10. The Balaban J connectivity index is 1.89. The molecule has 1 N–H and O–H groups in total. The maximum Gasteiger partial charge on any atom is 0.255 e. The fourth-order valence-corrected chi connectivity index (χ4v) is 5.20. The predicted octanol–water partition coefficient (Wildman–Crippen LogP) is 3.92. The number of sulfonamides is 1. The van der Waals surface area contributed by atoms with E-state index >= 15 is 0 Å². The molecule has 8 nitrogen and oxygen atoms in total. The van der Waals surface area contributed by atoms with E-state index in [4.69, 9.17) is 14.2 Å². The van der Waals surface area contributed by atoms with Crippen LogP contribution in [0.15, 0.2) is 41.3 Å². The van der Waals surface area contributed by atoms with Crippen LogP contribution < -0.4 is 19.5 Å². The van der Waals surface area contributed by atoms with Gasteiger partial charge in [-0.25, -0.2) is 8.42 Å². The van der Waals surface area contributed by atoms with Gasteiger partial charge in [0.15, 0.2) is 11.5 Å². The molecule has 0 atom stereocenters. The summed E-state index contributed by atoms with van der Waals surface area (Å²) in [5.74, 6) is 0.928. The summed E-state index contributed by atoms with van der Waals surface area (Å²) in [6.45, 7) is 7.73. The monoisotopic (exact) mass is 462 g/mol. The minimum atomic E-state index is -3.72. The first kappa shape index (κ1) is 23.9. The number of carbonyl (C=O) groups is 1. The highest BCUT2D eigenvalue weighted by atomic mass is 32.2. The molecule has 0 aromatic heterocycles. The van der Waals surface area contributed by atoms with Crippen molar-refractivity contribution in [3.63, 3.8) is 0 Å². The summed E-state index contributed by atoms with van der Waals surface area (Å²) in [7, 11) is -3.72. The Kier molecular flexibility index (Phi) is 7.98. The maximum absolute atomic E-state index is 13.2. The van der Waals surface area contributed by atoms with Crippen LogP contribution in [0.3, 0.4) is 0 Å². The molecular formula is C23H30N2O6S. The van der Waals surface area contributed by atoms with Crippen LogP contribution in [0.4, 0.5) is 5.69 Å². The Bertz CT molecular complexity index is 1050. The summed E-state index contributed by atoms with van der Waals surface area (Å²) in [5, 5.41) is 2.78. The maximum atomic E-state index is 13.2. The average molecular weight is 463 g/mol. The molecule has 0 spiro atoms. The summed E-state index contributed by atoms with van der Waals surface area (Å²) in [5.41, 5.74) is 0.734. The summed E-state index contributed by atoms with van der Waals surface area (Å²) in [4.78, 5) is 12.9. The van der Waals surface area contributed by atoms with Crippen molar-refractivity contribution < 1.29 is 27.4 Å². The van der Waals surface area contributed by atoms with E-state index in [1.807, 2.05) is 13.8 Å². The molecule has 2 aromatic rings. The normalized spacial score (nSPS) is 14.2. The van der Waals surface area contributed by atoms with Crippen LogP contribution in [-0.4, -0.2) is 51.5 Å². The fraction of sp³-hybridized carbons (Fsp3) is 0.435. The zero-order chi connectivity index (χ0) is 23.1. The summed E-state index contributed by atoms with van der Waals surface area (Å²) in [6, 6.07) is 9.59. The van der Waals surface area contributed by atoms with Gasteiger partial charge in [0, 0.05) is 24.3 Å². The van der Waals surface area contributed by atoms with E-state index in [2.05, 4.69) is 5.32 Å². The molecule has 1 heterocycles. The molecule has 9 heteroatoms. The molecule has 0 aliphatic carbocycles. The van der Waals surface area contributed by atoms with E-state index in [0.29, 0.717) is 55.7 Å². The number of nitrogens with zero attached hydrogens (tertiary/aromatic N) is 1. The second-order valence-electron chi connectivity index (χ2n) is 7.19. The van der Waals surface area contributed by atoms with Gasteiger partial charge in [-0.15, -0.1) is 0 Å². The molecule has 174 valence electrons. The van der Waals surface area contributed by atoms with E-state index in [9.17, 15) is 13.2 Å². The van der Waals surface area contributed by atoms with Crippen LogP contribution in [-0.2, 0) is 10.0 Å². The number of benzene rings is 2. The summed E-state index contributed by atoms with van der Waals surface area (Å²) < 4.78 is 44.5. The van der Waals surface area contributed by atoms with E-state index in [1.54, 1.807) is 37.3 Å². The number of anilines is 1. The van der Waals surface area contributed by atoms with E-state index < -0.39 is 10.0 Å². The lowest BCUT2D eigenvalue weighted by atomic mass is 10.1. The highest BCUT2D eigenvalue weighted by Crippen LogP contribution is 2.32. The summed E-state index contributed by atoms with van der Waals surface area (Å²) >= 11 is 0. The van der Waals surface area contributed by atoms with Gasteiger partial charge >= 0.3 is 0 Å². The Labute approximate surface area is 189 Å². The largest absolute Gasteiger partial charge is 0.492 e. The van der Waals surface area contributed by atoms with Crippen LogP contribution in [0.1, 0.15) is 44.0 Å². The number of ether oxygens (including phenoxy) is 3. The van der Waals surface area contributed by atoms with E-state index in [0.717, 1.165) is 12.8 Å². The molecule has 0 radical (unpaired) electrons. The van der Waals surface area contributed by atoms with Gasteiger partial charge in [0.2, 0.25) is 10.0 Å². The second kappa shape index (κ2) is 10.7. The summed E-state index contributed by atoms with van der Waals surface area (Å²) in [6.07, 6.45) is 1.67. The number of nitrogens with one attached hydrogen (secondary N) is 1. The van der Waals surface area contributed by atoms with Gasteiger partial charge in [0.05, 0.1) is 19.8 Å². The molecule has 0 saturated carbocycles. The molecule has 2 aromatic carbocycles. The van der Waals surface area contributed by atoms with E-state index in [1.165, 1.54) is 10.4 Å². The van der Waals surface area contributed by atoms with Crippen molar-refractivity contribution in [3.8, 4) is 17.2 Å². The van der Waals surface area contributed by atoms with Crippen molar-refractivity contribution in [1.82, 2.24) is 4.31 Å². The molecule has 1 aliphatic heterocycles. The van der Waals surface area contributed by atoms with Gasteiger partial charge in [-0.2, -0.15) is 4.31 Å². The molecule has 1 fully saturated rings. The van der Waals surface area contributed by atoms with Crippen LogP contribution in [0.2, 0.25) is 0 Å². The van der Waals surface area contributed by atoms with Gasteiger partial charge in [-0.1, -0.05) is 0 Å². The van der Waals surface area contributed by atoms with Crippen molar-refractivity contribution >= 4 is 21.6 Å². The molecule has 0 unspecified atom stereocenters. The van der Waals surface area contributed by atoms with Crippen LogP contribution in [0, 0.1) is 0 Å². The number of hydrogen-bond acceptors (Lipinski definition) is 6. The van der Waals surface area contributed by atoms with Gasteiger partial charge < -0.3 is 19.5 Å². The smallest absolute Gasteiger partial charge is 0.255 e. The first-order valence-electron chi connectivity index (χ1n) is 10.9. The molecular weight excluding hydrogens is 432 g/mol. The fourth-order valence-electron chi connectivity index (χ4n) is 3.53. The minimum Gasteiger partial charge on any atom is -0.492 e. The molecule has 32 heavy (non-hydrogen) atoms. The topological polar surface area (TPSA) is 94.2 Å². The van der Waals surface area contributed by atoms with E-state index in [-0.39, 0.29) is 16.6 Å². The Morgan fingerprint density at radius 3 is 2.12 bits per heavy atom. The molecule has 1 amide bonds. The third kappa shape index (κ3) is 5.34. The van der Waals surface area contributed by atoms with Gasteiger partial charge in [0.25, 0.3) is 5.91 Å². The van der Waals surface area contributed by atoms with Crippen LogP contribution in [0.25, 0.3) is 0 Å². The first-order chi connectivity index (χ1) is 15.4. The Morgan fingerprint density at radius 2 is 1.47 bits per heavy atom. The average Bonchev–Trinajstić information content (AvgIpc) is 3.32. The molecule has 0 bridgehead atoms. The Hall–Kier alpha value is -2.78. The first-order valence-corrected chi connectivity index (χ1v) is 12.3. The van der Waals surface area contributed by atoms with Crippen molar-refractivity contribution in [2.75, 3.05) is 38.2 Å². The van der Waals surface area contributed by atoms with Crippen molar-refractivity contribution in [3.05, 3.63) is 42.0 Å². The van der Waals surface area contributed by atoms with Crippen molar-refractivity contribution in [2.24, 2.45) is 0 Å². The third-order valence-corrected chi connectivity index (χ3v) is 6.91. The standard InChI is InChI=1S/C23H30N2O6S/c1-4-29-19-11-9-17(15-21(19)31-6-3)23(26)24-18-10-12-20(30-5-2)22(16-18)32(27,28)25-13-7-8-14-25/h9-12,15-16H,4-8,13-14H2,1-3H3,(H,24,26). The number of hydrogen-bond donors (Lipinski definition) is 1. The second-order valence-corrected chi connectivity index (χ2v) is 9.09. The Morgan fingerprint density at radius 1 is 0.875 bits per heavy atom. The molecule has 3 rings (SSSR count). The quantitative estimate of drug-likeness (QED) is 0.575. The van der Waals surface area contributed by atoms with Crippen LogP contribution in [0.5, 0.6) is 17.2 Å². The lowest BCUT2D eigenvalue weighted by molar-refractivity contribution is 0.102. The molecule has 1 aliphatic rings. The SMILES string of the molecule is CCOc1ccc(C(=O)Nc2ccc(OCC)c(S(=O)(=O)N3CCCC3)c2)cc1OCC.